The molecule has 0 bridgehead atoms. The zero-order chi connectivity index (χ0) is 18.8. The van der Waals surface area contributed by atoms with Gasteiger partial charge in [-0.3, -0.25) is 9.59 Å². The first-order valence-corrected chi connectivity index (χ1v) is 8.85. The van der Waals surface area contributed by atoms with Crippen LogP contribution in [0.25, 0.3) is 0 Å². The van der Waals surface area contributed by atoms with Gasteiger partial charge in [-0.1, -0.05) is 25.8 Å². The number of esters is 1. The van der Waals surface area contributed by atoms with Crippen LogP contribution >= 0.6 is 11.8 Å². The lowest BCUT2D eigenvalue weighted by molar-refractivity contribution is -0.151. The molecule has 2 atom stereocenters. The highest BCUT2D eigenvalue weighted by atomic mass is 32.2. The molecule has 0 spiro atoms. The molecule has 8 heteroatoms. The number of urea groups is 1. The van der Waals surface area contributed by atoms with Gasteiger partial charge in [0.1, 0.15) is 12.6 Å². The summed E-state index contributed by atoms with van der Waals surface area (Å²) in [5.74, 6) is 0.856. The summed E-state index contributed by atoms with van der Waals surface area (Å²) in [5.41, 5.74) is -0.330. The van der Waals surface area contributed by atoms with E-state index in [1.807, 2.05) is 13.8 Å². The second-order valence-electron chi connectivity index (χ2n) is 6.43. The number of imide groups is 1. The highest BCUT2D eigenvalue weighted by Gasteiger charge is 2.61. The molecule has 1 aliphatic carbocycles. The van der Waals surface area contributed by atoms with Gasteiger partial charge in [-0.15, -0.1) is 18.2 Å². The standard InChI is InChI=1S/C17H19N3O4S/c1-5-6-19-9-13(21)20(16(19)23)10-24-15(22)14-12(17(14,2)3)7-11(8-18)25-4/h1,7,12,14H,6,9-10H2,2-4H3/b11-7-/t12-,14+/m1/s1. The number of hydrogen-bond donors (Lipinski definition) is 0. The largest absolute Gasteiger partial charge is 0.443 e. The minimum Gasteiger partial charge on any atom is -0.443 e. The molecule has 1 heterocycles. The molecule has 0 aromatic heterocycles. The number of carbonyl (C=O) groups is 3. The van der Waals surface area contributed by atoms with Crippen molar-refractivity contribution in [3.63, 3.8) is 0 Å². The fraction of sp³-hybridized carbons (Fsp3) is 0.529. The van der Waals surface area contributed by atoms with E-state index in [9.17, 15) is 14.4 Å². The Balaban J connectivity index is 1.96. The average Bonchev–Trinajstić information content (AvgIpc) is 3.00. The van der Waals surface area contributed by atoms with Crippen LogP contribution in [0.5, 0.6) is 0 Å². The Hall–Kier alpha value is -2.45. The van der Waals surface area contributed by atoms with E-state index < -0.39 is 30.6 Å². The van der Waals surface area contributed by atoms with E-state index in [0.717, 1.165) is 4.90 Å². The van der Waals surface area contributed by atoms with E-state index in [4.69, 9.17) is 16.4 Å². The van der Waals surface area contributed by atoms with E-state index in [-0.39, 0.29) is 24.4 Å². The van der Waals surface area contributed by atoms with Gasteiger partial charge in [0.15, 0.2) is 6.73 Å². The molecule has 1 saturated heterocycles. The number of terminal acetylenes is 1. The van der Waals surface area contributed by atoms with Gasteiger partial charge in [0.25, 0.3) is 5.91 Å². The molecule has 0 radical (unpaired) electrons. The van der Waals surface area contributed by atoms with Crippen LogP contribution in [0.2, 0.25) is 0 Å². The maximum absolute atomic E-state index is 12.3. The second kappa shape index (κ2) is 7.20. The lowest BCUT2D eigenvalue weighted by atomic mass is 10.1. The number of nitriles is 1. The van der Waals surface area contributed by atoms with Gasteiger partial charge in [0.2, 0.25) is 0 Å². The Labute approximate surface area is 151 Å². The summed E-state index contributed by atoms with van der Waals surface area (Å²) in [6.07, 6.45) is 8.72. The minimum atomic E-state index is -0.559. The molecule has 1 saturated carbocycles. The van der Waals surface area contributed by atoms with Crippen LogP contribution in [-0.2, 0) is 14.3 Å². The van der Waals surface area contributed by atoms with Crippen molar-refractivity contribution in [2.45, 2.75) is 13.8 Å². The molecule has 2 fully saturated rings. The first-order chi connectivity index (χ1) is 11.8. The van der Waals surface area contributed by atoms with Crippen molar-refractivity contribution in [3.05, 3.63) is 11.0 Å². The quantitative estimate of drug-likeness (QED) is 0.308. The third kappa shape index (κ3) is 3.64. The van der Waals surface area contributed by atoms with Gasteiger partial charge in [0.05, 0.1) is 17.4 Å². The predicted molar refractivity (Wildman–Crippen MR) is 91.6 cm³/mol. The third-order valence-electron chi connectivity index (χ3n) is 4.57. The highest BCUT2D eigenvalue weighted by molar-refractivity contribution is 8.02. The van der Waals surface area contributed by atoms with Gasteiger partial charge in [-0.25, -0.2) is 9.69 Å². The van der Waals surface area contributed by atoms with Crippen LogP contribution < -0.4 is 0 Å². The molecule has 2 aliphatic rings. The van der Waals surface area contributed by atoms with E-state index in [1.165, 1.54) is 16.7 Å². The van der Waals surface area contributed by atoms with Crippen LogP contribution in [0.1, 0.15) is 13.8 Å². The Morgan fingerprint density at radius 3 is 2.76 bits per heavy atom. The summed E-state index contributed by atoms with van der Waals surface area (Å²) < 4.78 is 5.18. The molecular weight excluding hydrogens is 342 g/mol. The van der Waals surface area contributed by atoms with Crippen molar-refractivity contribution >= 4 is 29.7 Å². The van der Waals surface area contributed by atoms with E-state index >= 15 is 0 Å². The zero-order valence-electron chi connectivity index (χ0n) is 14.3. The molecule has 1 aliphatic heterocycles. The van der Waals surface area contributed by atoms with Gasteiger partial charge >= 0.3 is 12.0 Å². The summed E-state index contributed by atoms with van der Waals surface area (Å²) in [6.45, 7) is 3.32. The molecule has 0 N–H and O–H groups in total. The van der Waals surface area contributed by atoms with E-state index in [1.54, 1.807) is 12.3 Å². The summed E-state index contributed by atoms with van der Waals surface area (Å²) in [6, 6.07) is 1.52. The van der Waals surface area contributed by atoms with Crippen LogP contribution in [0.3, 0.4) is 0 Å². The summed E-state index contributed by atoms with van der Waals surface area (Å²) in [7, 11) is 0. The lowest BCUT2D eigenvalue weighted by Gasteiger charge is -2.15. The third-order valence-corrected chi connectivity index (χ3v) is 5.24. The Morgan fingerprint density at radius 2 is 2.20 bits per heavy atom. The van der Waals surface area contributed by atoms with Crippen LogP contribution in [0.4, 0.5) is 4.79 Å². The maximum Gasteiger partial charge on any atom is 0.330 e. The van der Waals surface area contributed by atoms with Crippen molar-refractivity contribution < 1.29 is 19.1 Å². The molecule has 2 rings (SSSR count). The summed E-state index contributed by atoms with van der Waals surface area (Å²) in [5, 5.41) is 9.02. The fourth-order valence-electron chi connectivity index (χ4n) is 2.93. The van der Waals surface area contributed by atoms with Crippen molar-refractivity contribution in [2.24, 2.45) is 17.3 Å². The monoisotopic (exact) mass is 361 g/mol. The Kier molecular flexibility index (Phi) is 5.44. The fourth-order valence-corrected chi connectivity index (χ4v) is 3.30. The van der Waals surface area contributed by atoms with Gasteiger partial charge in [-0.05, 0) is 17.6 Å². The van der Waals surface area contributed by atoms with Gasteiger partial charge in [0, 0.05) is 0 Å². The predicted octanol–water partition coefficient (Wildman–Crippen LogP) is 1.43. The number of rotatable bonds is 6. The first-order valence-electron chi connectivity index (χ1n) is 7.63. The van der Waals surface area contributed by atoms with Crippen molar-refractivity contribution in [3.8, 4) is 18.4 Å². The number of amides is 3. The lowest BCUT2D eigenvalue weighted by Crippen LogP contribution is -2.36. The normalized spacial score (nSPS) is 24.8. The SMILES string of the molecule is C#CCN1CC(=O)N(COC(=O)[C@@H]2[C@@H](/C=C(/C#N)SC)C2(C)C)C1=O. The number of nitrogens with zero attached hydrogens (tertiary/aromatic N) is 3. The van der Waals surface area contributed by atoms with Crippen molar-refractivity contribution in [2.75, 3.05) is 26.1 Å². The Bertz CT molecular complexity index is 716. The zero-order valence-corrected chi connectivity index (χ0v) is 15.1. The molecular formula is C17H19N3O4S. The minimum absolute atomic E-state index is 0.0309. The topological polar surface area (TPSA) is 90.7 Å². The number of thioether (sulfide) groups is 1. The van der Waals surface area contributed by atoms with Gasteiger partial charge in [-0.2, -0.15) is 5.26 Å². The molecule has 3 amide bonds. The Morgan fingerprint density at radius 1 is 1.52 bits per heavy atom. The first kappa shape index (κ1) is 18.9. The second-order valence-corrected chi connectivity index (χ2v) is 7.28. The van der Waals surface area contributed by atoms with E-state index in [0.29, 0.717) is 4.91 Å². The molecule has 25 heavy (non-hydrogen) atoms. The van der Waals surface area contributed by atoms with Crippen LogP contribution in [0, 0.1) is 40.9 Å². The molecule has 132 valence electrons. The maximum atomic E-state index is 12.3. The smallest absolute Gasteiger partial charge is 0.330 e. The van der Waals surface area contributed by atoms with Crippen LogP contribution in [0.15, 0.2) is 11.0 Å². The summed E-state index contributed by atoms with van der Waals surface area (Å²) >= 11 is 1.32. The van der Waals surface area contributed by atoms with E-state index in [2.05, 4.69) is 12.0 Å². The molecule has 0 unspecified atom stereocenters. The number of ether oxygens (including phenoxy) is 1. The summed E-state index contributed by atoms with van der Waals surface area (Å²) in [4.78, 5) is 38.8. The molecule has 0 aromatic rings. The number of hydrogen-bond acceptors (Lipinski definition) is 6. The number of allylic oxidation sites excluding steroid dienone is 2. The highest BCUT2D eigenvalue weighted by Crippen LogP contribution is 2.60. The van der Waals surface area contributed by atoms with Crippen LogP contribution in [-0.4, -0.2) is 53.8 Å². The van der Waals surface area contributed by atoms with Gasteiger partial charge < -0.3 is 9.64 Å². The number of carbonyl (C=O) groups excluding carboxylic acids is 3. The molecule has 7 nitrogen and oxygen atoms in total. The van der Waals surface area contributed by atoms with Crippen molar-refractivity contribution in [1.29, 1.82) is 5.26 Å². The average molecular weight is 361 g/mol. The molecule has 0 aromatic carbocycles. The van der Waals surface area contributed by atoms with Crippen molar-refractivity contribution in [1.82, 2.24) is 9.80 Å².